The maximum atomic E-state index is 11.5. The molecule has 1 saturated heterocycles. The van der Waals surface area contributed by atoms with Crippen molar-refractivity contribution in [3.63, 3.8) is 0 Å². The van der Waals surface area contributed by atoms with Crippen LogP contribution in [0.4, 0.5) is 0 Å². The standard InChI is InChI=1S/C13H18BrNO2S/c1-2-15(13-7-8-18(16,17)10-13)9-11-3-5-12(14)6-4-11/h3-6,13H,2,7-10H2,1H3/t13-/m1/s1. The molecule has 1 aliphatic rings. The molecular weight excluding hydrogens is 314 g/mol. The zero-order valence-electron chi connectivity index (χ0n) is 10.5. The molecule has 0 spiro atoms. The Labute approximate surface area is 117 Å². The number of nitrogens with zero attached hydrogens (tertiary/aromatic N) is 1. The highest BCUT2D eigenvalue weighted by atomic mass is 79.9. The Balaban J connectivity index is 2.04. The number of hydrogen-bond donors (Lipinski definition) is 0. The van der Waals surface area contributed by atoms with Crippen LogP contribution < -0.4 is 0 Å². The highest BCUT2D eigenvalue weighted by Gasteiger charge is 2.31. The second kappa shape index (κ2) is 5.72. The van der Waals surface area contributed by atoms with Crippen LogP contribution in [0.1, 0.15) is 18.9 Å². The molecule has 1 heterocycles. The van der Waals surface area contributed by atoms with Crippen molar-refractivity contribution >= 4 is 25.8 Å². The molecule has 0 bridgehead atoms. The molecule has 18 heavy (non-hydrogen) atoms. The summed E-state index contributed by atoms with van der Waals surface area (Å²) in [5.41, 5.74) is 1.23. The van der Waals surface area contributed by atoms with Crippen molar-refractivity contribution in [1.29, 1.82) is 0 Å². The first-order valence-corrected chi connectivity index (χ1v) is 8.80. The summed E-state index contributed by atoms with van der Waals surface area (Å²) in [6, 6.07) is 8.39. The van der Waals surface area contributed by atoms with Crippen LogP contribution in [-0.2, 0) is 16.4 Å². The normalized spacial score (nSPS) is 22.5. The monoisotopic (exact) mass is 331 g/mol. The number of benzene rings is 1. The molecule has 0 amide bonds. The third kappa shape index (κ3) is 3.56. The molecule has 1 atom stereocenters. The molecule has 0 aliphatic carbocycles. The maximum absolute atomic E-state index is 11.5. The smallest absolute Gasteiger partial charge is 0.151 e. The van der Waals surface area contributed by atoms with Gasteiger partial charge in [-0.05, 0) is 30.7 Å². The Morgan fingerprint density at radius 2 is 2.00 bits per heavy atom. The fraction of sp³-hybridized carbons (Fsp3) is 0.538. The Morgan fingerprint density at radius 1 is 1.33 bits per heavy atom. The summed E-state index contributed by atoms with van der Waals surface area (Å²) >= 11 is 3.42. The number of rotatable bonds is 4. The molecule has 0 radical (unpaired) electrons. The average Bonchev–Trinajstić information content (AvgIpc) is 2.69. The van der Waals surface area contributed by atoms with Crippen molar-refractivity contribution in [3.05, 3.63) is 34.3 Å². The molecule has 0 aromatic heterocycles. The highest BCUT2D eigenvalue weighted by Crippen LogP contribution is 2.20. The molecule has 3 nitrogen and oxygen atoms in total. The lowest BCUT2D eigenvalue weighted by molar-refractivity contribution is 0.215. The summed E-state index contributed by atoms with van der Waals surface area (Å²) in [5, 5.41) is 0. The van der Waals surface area contributed by atoms with Crippen molar-refractivity contribution in [2.45, 2.75) is 25.9 Å². The molecule has 100 valence electrons. The van der Waals surface area contributed by atoms with Gasteiger partial charge in [0, 0.05) is 17.1 Å². The van der Waals surface area contributed by atoms with Crippen LogP contribution in [0.15, 0.2) is 28.7 Å². The van der Waals surface area contributed by atoms with Gasteiger partial charge in [0.1, 0.15) is 0 Å². The zero-order valence-corrected chi connectivity index (χ0v) is 12.9. The van der Waals surface area contributed by atoms with E-state index in [9.17, 15) is 8.42 Å². The summed E-state index contributed by atoms with van der Waals surface area (Å²) < 4.78 is 24.1. The van der Waals surface area contributed by atoms with E-state index in [0.717, 1.165) is 24.0 Å². The largest absolute Gasteiger partial charge is 0.295 e. The van der Waals surface area contributed by atoms with Crippen LogP contribution in [0.5, 0.6) is 0 Å². The van der Waals surface area contributed by atoms with E-state index < -0.39 is 9.84 Å². The predicted molar refractivity (Wildman–Crippen MR) is 77.3 cm³/mol. The first-order valence-electron chi connectivity index (χ1n) is 6.19. The zero-order chi connectivity index (χ0) is 13.2. The molecule has 2 rings (SSSR count). The van der Waals surface area contributed by atoms with E-state index >= 15 is 0 Å². The van der Waals surface area contributed by atoms with Gasteiger partial charge in [-0.1, -0.05) is 35.0 Å². The topological polar surface area (TPSA) is 37.4 Å². The van der Waals surface area contributed by atoms with Gasteiger partial charge in [-0.25, -0.2) is 8.42 Å². The predicted octanol–water partition coefficient (Wildman–Crippen LogP) is 2.46. The summed E-state index contributed by atoms with van der Waals surface area (Å²) in [5.74, 6) is 0.659. The van der Waals surface area contributed by atoms with E-state index in [1.807, 2.05) is 12.1 Å². The lowest BCUT2D eigenvalue weighted by Gasteiger charge is -2.26. The first-order chi connectivity index (χ1) is 8.50. The SMILES string of the molecule is CCN(Cc1ccc(Br)cc1)[C@@H]1CCS(=O)(=O)C1. The second-order valence-corrected chi connectivity index (χ2v) is 7.89. The molecule has 0 N–H and O–H groups in total. The lowest BCUT2D eigenvalue weighted by atomic mass is 10.1. The van der Waals surface area contributed by atoms with E-state index in [-0.39, 0.29) is 6.04 Å². The van der Waals surface area contributed by atoms with Gasteiger partial charge >= 0.3 is 0 Å². The van der Waals surface area contributed by atoms with Gasteiger partial charge in [0.25, 0.3) is 0 Å². The van der Waals surface area contributed by atoms with Gasteiger partial charge < -0.3 is 0 Å². The number of sulfone groups is 1. The summed E-state index contributed by atoms with van der Waals surface area (Å²) in [4.78, 5) is 2.26. The van der Waals surface area contributed by atoms with Crippen LogP contribution in [0.3, 0.4) is 0 Å². The van der Waals surface area contributed by atoms with Gasteiger partial charge in [-0.3, -0.25) is 4.90 Å². The molecule has 1 aromatic rings. The molecule has 1 aromatic carbocycles. The minimum absolute atomic E-state index is 0.184. The van der Waals surface area contributed by atoms with E-state index in [1.54, 1.807) is 0 Å². The number of halogens is 1. The second-order valence-electron chi connectivity index (χ2n) is 4.75. The van der Waals surface area contributed by atoms with E-state index in [4.69, 9.17) is 0 Å². The molecule has 0 saturated carbocycles. The van der Waals surface area contributed by atoms with Crippen molar-refractivity contribution in [3.8, 4) is 0 Å². The lowest BCUT2D eigenvalue weighted by Crippen LogP contribution is -2.35. The Bertz CT molecular complexity index is 498. The van der Waals surface area contributed by atoms with Crippen LogP contribution in [-0.4, -0.2) is 37.4 Å². The van der Waals surface area contributed by atoms with Gasteiger partial charge in [0.05, 0.1) is 11.5 Å². The van der Waals surface area contributed by atoms with Gasteiger partial charge in [0.15, 0.2) is 9.84 Å². The first kappa shape index (κ1) is 14.0. The molecule has 1 aliphatic heterocycles. The summed E-state index contributed by atoms with van der Waals surface area (Å²) in [6.45, 7) is 3.80. The van der Waals surface area contributed by atoms with Gasteiger partial charge in [0.2, 0.25) is 0 Å². The van der Waals surface area contributed by atoms with Crippen LogP contribution in [0, 0.1) is 0 Å². The molecule has 5 heteroatoms. The van der Waals surface area contributed by atoms with Gasteiger partial charge in [-0.2, -0.15) is 0 Å². The number of hydrogen-bond acceptors (Lipinski definition) is 3. The summed E-state index contributed by atoms with van der Waals surface area (Å²) in [7, 11) is -2.80. The van der Waals surface area contributed by atoms with E-state index in [0.29, 0.717) is 11.5 Å². The van der Waals surface area contributed by atoms with Crippen molar-refractivity contribution in [2.75, 3.05) is 18.1 Å². The van der Waals surface area contributed by atoms with Crippen LogP contribution in [0.2, 0.25) is 0 Å². The fourth-order valence-corrected chi connectivity index (χ4v) is 4.41. The third-order valence-corrected chi connectivity index (χ3v) is 5.71. The highest BCUT2D eigenvalue weighted by molar-refractivity contribution is 9.10. The van der Waals surface area contributed by atoms with Crippen molar-refractivity contribution < 1.29 is 8.42 Å². The van der Waals surface area contributed by atoms with Crippen molar-refractivity contribution in [1.82, 2.24) is 4.90 Å². The maximum Gasteiger partial charge on any atom is 0.151 e. The Kier molecular flexibility index (Phi) is 4.45. The van der Waals surface area contributed by atoms with Crippen LogP contribution >= 0.6 is 15.9 Å². The fourth-order valence-electron chi connectivity index (χ4n) is 2.39. The molecule has 1 fully saturated rings. The summed E-state index contributed by atoms with van der Waals surface area (Å²) in [6.07, 6.45) is 0.771. The third-order valence-electron chi connectivity index (χ3n) is 3.43. The van der Waals surface area contributed by atoms with Crippen LogP contribution in [0.25, 0.3) is 0 Å². The minimum atomic E-state index is -2.80. The van der Waals surface area contributed by atoms with E-state index in [1.165, 1.54) is 5.56 Å². The van der Waals surface area contributed by atoms with E-state index in [2.05, 4.69) is 39.9 Å². The quantitative estimate of drug-likeness (QED) is 0.850. The van der Waals surface area contributed by atoms with Gasteiger partial charge in [-0.15, -0.1) is 0 Å². The molecular formula is C13H18BrNO2S. The minimum Gasteiger partial charge on any atom is -0.295 e. The Hall–Kier alpha value is -0.390. The average molecular weight is 332 g/mol. The molecule has 0 unspecified atom stereocenters. The Morgan fingerprint density at radius 3 is 2.50 bits per heavy atom. The van der Waals surface area contributed by atoms with Crippen molar-refractivity contribution in [2.24, 2.45) is 0 Å².